The lowest BCUT2D eigenvalue weighted by atomic mass is 9.87. The van der Waals surface area contributed by atoms with Crippen LogP contribution in [0.1, 0.15) is 36.7 Å². The molecule has 9 nitrogen and oxygen atoms in total. The van der Waals surface area contributed by atoms with Crippen LogP contribution in [0, 0.1) is 0 Å². The Morgan fingerprint density at radius 1 is 1.19 bits per heavy atom. The van der Waals surface area contributed by atoms with E-state index in [0.717, 1.165) is 11.6 Å². The van der Waals surface area contributed by atoms with E-state index < -0.39 is 22.8 Å². The Bertz CT molecular complexity index is 1100. The fourth-order valence-corrected chi connectivity index (χ4v) is 2.40. The minimum atomic E-state index is -0.887. The topological polar surface area (TPSA) is 141 Å². The number of aromatic nitrogens is 3. The number of nitrogens with one attached hydrogen (secondary N) is 3. The molecule has 9 heteroatoms. The second-order valence-corrected chi connectivity index (χ2v) is 6.97. The molecule has 0 aliphatic carbocycles. The number of nitrogens with zero attached hydrogens (tertiary/aromatic N) is 1. The smallest absolute Gasteiger partial charge is 0.295 e. The predicted octanol–water partition coefficient (Wildman–Crippen LogP) is 1.97. The van der Waals surface area contributed by atoms with Gasteiger partial charge in [-0.05, 0) is 23.1 Å². The zero-order valence-corrected chi connectivity index (χ0v) is 14.9. The summed E-state index contributed by atoms with van der Waals surface area (Å²) in [5.41, 5.74) is -0.323. The van der Waals surface area contributed by atoms with Gasteiger partial charge in [-0.2, -0.15) is 5.16 Å². The molecule has 2 aromatic heterocycles. The third-order valence-corrected chi connectivity index (χ3v) is 3.90. The van der Waals surface area contributed by atoms with E-state index in [2.05, 4.69) is 36.1 Å². The fourth-order valence-electron chi connectivity index (χ4n) is 2.40. The summed E-state index contributed by atoms with van der Waals surface area (Å²) in [5, 5.41) is 14.3. The van der Waals surface area contributed by atoms with Gasteiger partial charge in [0.15, 0.2) is 11.5 Å². The second kappa shape index (κ2) is 6.60. The molecule has 0 bridgehead atoms. The van der Waals surface area contributed by atoms with Gasteiger partial charge in [0.1, 0.15) is 0 Å². The van der Waals surface area contributed by atoms with Gasteiger partial charge in [-0.25, -0.2) is 4.98 Å². The molecule has 0 fully saturated rings. The van der Waals surface area contributed by atoms with E-state index in [4.69, 9.17) is 4.52 Å². The second-order valence-electron chi connectivity index (χ2n) is 6.97. The Hall–Kier alpha value is -3.62. The van der Waals surface area contributed by atoms with E-state index in [0.29, 0.717) is 5.56 Å². The molecular formula is C18H18N4O5. The monoisotopic (exact) mass is 370 g/mol. The normalized spacial score (nSPS) is 11.4. The summed E-state index contributed by atoms with van der Waals surface area (Å²) in [4.78, 5) is 41.7. The van der Waals surface area contributed by atoms with Crippen LogP contribution in [0.5, 0.6) is 5.75 Å². The van der Waals surface area contributed by atoms with Crippen molar-refractivity contribution in [3.63, 3.8) is 0 Å². The van der Waals surface area contributed by atoms with Crippen molar-refractivity contribution in [2.24, 2.45) is 0 Å². The SMILES string of the molecule is CC(C)(C)c1ccc(C(=O)Nc2nc(-c3cc(=O)[nH]o3)c(O)c(=O)[nH]2)cc1. The molecule has 1 aromatic carbocycles. The number of aromatic hydroxyl groups is 1. The van der Waals surface area contributed by atoms with Crippen molar-refractivity contribution in [1.82, 2.24) is 15.1 Å². The number of aromatic amines is 2. The van der Waals surface area contributed by atoms with Gasteiger partial charge in [0.25, 0.3) is 17.0 Å². The molecule has 140 valence electrons. The zero-order valence-electron chi connectivity index (χ0n) is 14.9. The molecule has 0 spiro atoms. The molecule has 0 radical (unpaired) electrons. The number of carbonyl (C=O) groups is 1. The molecule has 4 N–H and O–H groups in total. The molecule has 0 saturated carbocycles. The van der Waals surface area contributed by atoms with Gasteiger partial charge in [-0.3, -0.25) is 24.7 Å². The lowest BCUT2D eigenvalue weighted by Gasteiger charge is -2.19. The Labute approximate surface area is 153 Å². The van der Waals surface area contributed by atoms with E-state index in [1.165, 1.54) is 0 Å². The number of hydrogen-bond donors (Lipinski definition) is 4. The van der Waals surface area contributed by atoms with Crippen molar-refractivity contribution >= 4 is 11.9 Å². The van der Waals surface area contributed by atoms with Gasteiger partial charge in [-0.15, -0.1) is 0 Å². The van der Waals surface area contributed by atoms with Crippen molar-refractivity contribution in [3.8, 4) is 17.2 Å². The number of anilines is 1. The van der Waals surface area contributed by atoms with E-state index >= 15 is 0 Å². The maximum atomic E-state index is 12.4. The highest BCUT2D eigenvalue weighted by molar-refractivity contribution is 6.03. The van der Waals surface area contributed by atoms with Gasteiger partial charge in [-0.1, -0.05) is 32.9 Å². The summed E-state index contributed by atoms with van der Waals surface area (Å²) in [6.07, 6.45) is 0. The van der Waals surface area contributed by atoms with E-state index in [1.807, 2.05) is 17.3 Å². The predicted molar refractivity (Wildman–Crippen MR) is 97.9 cm³/mol. The number of amides is 1. The quantitative estimate of drug-likeness (QED) is 0.555. The molecule has 0 unspecified atom stereocenters. The molecule has 1 amide bonds. The molecule has 27 heavy (non-hydrogen) atoms. The van der Waals surface area contributed by atoms with Gasteiger partial charge in [0.2, 0.25) is 11.7 Å². The fraction of sp³-hybridized carbons (Fsp3) is 0.222. The van der Waals surface area contributed by atoms with Crippen molar-refractivity contribution in [2.45, 2.75) is 26.2 Å². The van der Waals surface area contributed by atoms with Crippen LogP contribution in [0.15, 0.2) is 44.4 Å². The van der Waals surface area contributed by atoms with Gasteiger partial charge in [0.05, 0.1) is 6.07 Å². The Balaban J connectivity index is 1.89. The molecule has 0 aliphatic heterocycles. The number of H-pyrrole nitrogens is 2. The highest BCUT2D eigenvalue weighted by Gasteiger charge is 2.18. The summed E-state index contributed by atoms with van der Waals surface area (Å²) in [6, 6.07) is 8.06. The summed E-state index contributed by atoms with van der Waals surface area (Å²) < 4.78 is 4.85. The van der Waals surface area contributed by atoms with Crippen molar-refractivity contribution in [2.75, 3.05) is 5.32 Å². The average molecular weight is 370 g/mol. The van der Waals surface area contributed by atoms with Gasteiger partial charge < -0.3 is 9.63 Å². The van der Waals surface area contributed by atoms with Crippen LogP contribution in [0.25, 0.3) is 11.5 Å². The Morgan fingerprint density at radius 3 is 2.41 bits per heavy atom. The first kappa shape index (κ1) is 18.2. The molecule has 0 saturated heterocycles. The maximum absolute atomic E-state index is 12.4. The first-order valence-electron chi connectivity index (χ1n) is 8.09. The summed E-state index contributed by atoms with van der Waals surface area (Å²) in [7, 11) is 0. The van der Waals surface area contributed by atoms with Crippen LogP contribution in [-0.2, 0) is 5.41 Å². The molecule has 3 aromatic rings. The lowest BCUT2D eigenvalue weighted by Crippen LogP contribution is -2.19. The summed E-state index contributed by atoms with van der Waals surface area (Å²) in [6.45, 7) is 6.19. The summed E-state index contributed by atoms with van der Waals surface area (Å²) >= 11 is 0. The van der Waals surface area contributed by atoms with Crippen LogP contribution in [0.2, 0.25) is 0 Å². The number of rotatable bonds is 3. The Kier molecular flexibility index (Phi) is 4.44. The van der Waals surface area contributed by atoms with Gasteiger partial charge in [0, 0.05) is 5.56 Å². The molecule has 0 atom stereocenters. The van der Waals surface area contributed by atoms with E-state index in [9.17, 15) is 19.5 Å². The minimum absolute atomic E-state index is 0.0475. The van der Waals surface area contributed by atoms with Crippen LogP contribution in [-0.4, -0.2) is 26.1 Å². The first-order chi connectivity index (χ1) is 12.6. The van der Waals surface area contributed by atoms with Crippen LogP contribution in [0.3, 0.4) is 0 Å². The van der Waals surface area contributed by atoms with E-state index in [1.54, 1.807) is 12.1 Å². The van der Waals surface area contributed by atoms with Crippen LogP contribution < -0.4 is 16.4 Å². The first-order valence-corrected chi connectivity index (χ1v) is 8.09. The zero-order chi connectivity index (χ0) is 19.8. The minimum Gasteiger partial charge on any atom is -0.501 e. The number of carbonyl (C=O) groups excluding carboxylic acids is 1. The standard InChI is InChI=1S/C18H18N4O5/c1-18(2,3)10-6-4-9(5-7-10)15(25)20-17-19-13(14(24)16(26)21-17)11-8-12(23)22-27-11/h4-8,24H,1-3H3,(H,22,23)(H2,19,20,21,25,26). The number of hydrogen-bond acceptors (Lipinski definition) is 6. The third kappa shape index (κ3) is 3.81. The van der Waals surface area contributed by atoms with Crippen LogP contribution in [0.4, 0.5) is 5.95 Å². The molecule has 3 rings (SSSR count). The maximum Gasteiger partial charge on any atom is 0.295 e. The average Bonchev–Trinajstić information content (AvgIpc) is 3.03. The van der Waals surface area contributed by atoms with Crippen molar-refractivity contribution < 1.29 is 14.4 Å². The van der Waals surface area contributed by atoms with Crippen molar-refractivity contribution in [3.05, 3.63) is 62.2 Å². The molecule has 2 heterocycles. The molecule has 0 aliphatic rings. The highest BCUT2D eigenvalue weighted by atomic mass is 16.5. The lowest BCUT2D eigenvalue weighted by molar-refractivity contribution is 0.102. The Morgan fingerprint density at radius 2 is 1.85 bits per heavy atom. The molecular weight excluding hydrogens is 352 g/mol. The van der Waals surface area contributed by atoms with E-state index in [-0.39, 0.29) is 22.8 Å². The van der Waals surface area contributed by atoms with Crippen molar-refractivity contribution in [1.29, 1.82) is 0 Å². The van der Waals surface area contributed by atoms with Crippen LogP contribution >= 0.6 is 0 Å². The number of benzene rings is 1. The van der Waals surface area contributed by atoms with Gasteiger partial charge >= 0.3 is 0 Å². The third-order valence-electron chi connectivity index (χ3n) is 3.90. The highest BCUT2D eigenvalue weighted by Crippen LogP contribution is 2.24. The summed E-state index contributed by atoms with van der Waals surface area (Å²) in [5.74, 6) is -1.55. The largest absolute Gasteiger partial charge is 0.501 e.